The molecule has 1 N–H and O–H groups in total. The van der Waals surface area contributed by atoms with Crippen molar-refractivity contribution in [1.82, 2.24) is 10.3 Å². The fraction of sp³-hybridized carbons (Fsp3) is 0.500. The van der Waals surface area contributed by atoms with Gasteiger partial charge in [-0.3, -0.25) is 4.98 Å². The van der Waals surface area contributed by atoms with Crippen LogP contribution in [0.2, 0.25) is 0 Å². The number of pyridine rings is 1. The summed E-state index contributed by atoms with van der Waals surface area (Å²) < 4.78 is 0. The van der Waals surface area contributed by atoms with Gasteiger partial charge in [-0.25, -0.2) is 0 Å². The van der Waals surface area contributed by atoms with E-state index in [0.29, 0.717) is 6.04 Å². The molecule has 1 aromatic carbocycles. The maximum Gasteiger partial charge on any atom is 0.0705 e. The molecule has 2 aromatic rings. The van der Waals surface area contributed by atoms with Gasteiger partial charge in [0.25, 0.3) is 0 Å². The summed E-state index contributed by atoms with van der Waals surface area (Å²) in [6.07, 6.45) is 6.92. The Hall–Kier alpha value is -1.41. The van der Waals surface area contributed by atoms with Crippen LogP contribution in [0.4, 0.5) is 0 Å². The van der Waals surface area contributed by atoms with Crippen LogP contribution >= 0.6 is 0 Å². The molecule has 0 aliphatic heterocycles. The van der Waals surface area contributed by atoms with Crippen molar-refractivity contribution in [2.75, 3.05) is 7.05 Å². The monoisotopic (exact) mass is 268 g/mol. The summed E-state index contributed by atoms with van der Waals surface area (Å²) in [7, 11) is 2.08. The van der Waals surface area contributed by atoms with E-state index in [-0.39, 0.29) is 0 Å². The zero-order valence-corrected chi connectivity index (χ0v) is 12.5. The van der Waals surface area contributed by atoms with Gasteiger partial charge in [0.05, 0.1) is 5.52 Å². The minimum absolute atomic E-state index is 0.476. The van der Waals surface area contributed by atoms with E-state index in [1.54, 1.807) is 0 Å². The van der Waals surface area contributed by atoms with Gasteiger partial charge in [0.15, 0.2) is 0 Å². The van der Waals surface area contributed by atoms with E-state index in [1.807, 2.05) is 6.92 Å². The molecule has 0 spiro atoms. The van der Waals surface area contributed by atoms with Gasteiger partial charge in [-0.15, -0.1) is 0 Å². The highest BCUT2D eigenvalue weighted by molar-refractivity contribution is 5.79. The summed E-state index contributed by atoms with van der Waals surface area (Å²) in [6, 6.07) is 11.5. The van der Waals surface area contributed by atoms with Gasteiger partial charge in [-0.2, -0.15) is 0 Å². The predicted octanol–water partition coefficient (Wildman–Crippen LogP) is 4.38. The zero-order chi connectivity index (χ0) is 13.9. The van der Waals surface area contributed by atoms with E-state index in [4.69, 9.17) is 0 Å². The van der Waals surface area contributed by atoms with E-state index in [9.17, 15) is 0 Å². The Labute approximate surface area is 121 Å². The normalized spacial score (nSPS) is 17.7. The second kappa shape index (κ2) is 5.92. The van der Waals surface area contributed by atoms with E-state index >= 15 is 0 Å². The molecule has 1 aliphatic carbocycles. The number of hydrogen-bond donors (Lipinski definition) is 1. The van der Waals surface area contributed by atoms with E-state index in [0.717, 1.165) is 17.1 Å². The summed E-state index contributed by atoms with van der Waals surface area (Å²) in [5.41, 5.74) is 3.59. The zero-order valence-electron chi connectivity index (χ0n) is 12.5. The smallest absolute Gasteiger partial charge is 0.0705 e. The Morgan fingerprint density at radius 1 is 1.20 bits per heavy atom. The molecule has 20 heavy (non-hydrogen) atoms. The Kier molecular flexibility index (Phi) is 4.02. The van der Waals surface area contributed by atoms with Crippen LogP contribution in [0.3, 0.4) is 0 Å². The molecule has 1 atom stereocenters. The van der Waals surface area contributed by atoms with Crippen molar-refractivity contribution in [2.24, 2.45) is 5.92 Å². The largest absolute Gasteiger partial charge is 0.313 e. The van der Waals surface area contributed by atoms with Gasteiger partial charge in [-0.05, 0) is 50.1 Å². The van der Waals surface area contributed by atoms with Crippen LogP contribution in [0, 0.1) is 12.8 Å². The SMILES string of the molecule is CNC(CC1CCCC1)c1ccc2nc(C)ccc2c1. The highest BCUT2D eigenvalue weighted by Gasteiger charge is 2.20. The first-order valence-corrected chi connectivity index (χ1v) is 7.81. The summed E-state index contributed by atoms with van der Waals surface area (Å²) in [5.74, 6) is 0.902. The Morgan fingerprint density at radius 3 is 2.75 bits per heavy atom. The van der Waals surface area contributed by atoms with Crippen LogP contribution in [0.25, 0.3) is 10.9 Å². The quantitative estimate of drug-likeness (QED) is 0.890. The highest BCUT2D eigenvalue weighted by atomic mass is 14.9. The minimum Gasteiger partial charge on any atom is -0.313 e. The number of benzene rings is 1. The molecule has 1 saturated carbocycles. The molecule has 1 aromatic heterocycles. The summed E-state index contributed by atoms with van der Waals surface area (Å²) >= 11 is 0. The first-order valence-electron chi connectivity index (χ1n) is 7.81. The third kappa shape index (κ3) is 2.85. The number of nitrogens with zero attached hydrogens (tertiary/aromatic N) is 1. The average molecular weight is 268 g/mol. The van der Waals surface area contributed by atoms with Crippen LogP contribution in [-0.4, -0.2) is 12.0 Å². The lowest BCUT2D eigenvalue weighted by Crippen LogP contribution is -2.19. The second-order valence-electron chi connectivity index (χ2n) is 6.13. The number of nitrogens with one attached hydrogen (secondary N) is 1. The fourth-order valence-electron chi connectivity index (χ4n) is 3.46. The standard InChI is InChI=1S/C18H24N2/c1-13-7-8-15-12-16(9-10-17(15)20-13)18(19-2)11-14-5-3-4-6-14/h7-10,12,14,18-19H,3-6,11H2,1-2H3. The van der Waals surface area contributed by atoms with Gasteiger partial charge < -0.3 is 5.32 Å². The van der Waals surface area contributed by atoms with Gasteiger partial charge >= 0.3 is 0 Å². The molecule has 2 nitrogen and oxygen atoms in total. The van der Waals surface area contributed by atoms with Crippen molar-refractivity contribution in [3.8, 4) is 0 Å². The molecule has 0 bridgehead atoms. The van der Waals surface area contributed by atoms with Crippen LogP contribution < -0.4 is 5.32 Å². The predicted molar refractivity (Wildman–Crippen MR) is 84.9 cm³/mol. The molecule has 3 rings (SSSR count). The van der Waals surface area contributed by atoms with E-state index < -0.39 is 0 Å². The third-order valence-corrected chi connectivity index (χ3v) is 4.65. The number of aromatic nitrogens is 1. The van der Waals surface area contributed by atoms with Crippen LogP contribution in [-0.2, 0) is 0 Å². The minimum atomic E-state index is 0.476. The molecule has 1 aliphatic rings. The molecule has 0 saturated heterocycles. The van der Waals surface area contributed by atoms with E-state index in [1.165, 1.54) is 43.1 Å². The van der Waals surface area contributed by atoms with Crippen LogP contribution in [0.15, 0.2) is 30.3 Å². The molecule has 2 heteroatoms. The maximum absolute atomic E-state index is 4.58. The van der Waals surface area contributed by atoms with Crippen molar-refractivity contribution in [1.29, 1.82) is 0 Å². The Morgan fingerprint density at radius 2 is 2.00 bits per heavy atom. The van der Waals surface area contributed by atoms with Gasteiger partial charge in [0.2, 0.25) is 0 Å². The lowest BCUT2D eigenvalue weighted by molar-refractivity contribution is 0.413. The molecular formula is C18H24N2. The highest BCUT2D eigenvalue weighted by Crippen LogP contribution is 2.33. The van der Waals surface area contributed by atoms with Crippen LogP contribution in [0.5, 0.6) is 0 Å². The summed E-state index contributed by atoms with van der Waals surface area (Å²) in [4.78, 5) is 4.58. The van der Waals surface area contributed by atoms with Gasteiger partial charge in [0.1, 0.15) is 0 Å². The number of rotatable bonds is 4. The molecule has 1 fully saturated rings. The van der Waals surface area contributed by atoms with E-state index in [2.05, 4.69) is 47.7 Å². The molecule has 0 amide bonds. The maximum atomic E-state index is 4.58. The van der Waals surface area contributed by atoms with Crippen LogP contribution in [0.1, 0.15) is 49.4 Å². The van der Waals surface area contributed by atoms with Crippen molar-refractivity contribution in [3.63, 3.8) is 0 Å². The topological polar surface area (TPSA) is 24.9 Å². The molecule has 106 valence electrons. The first kappa shape index (κ1) is 13.6. The molecule has 0 radical (unpaired) electrons. The lowest BCUT2D eigenvalue weighted by Gasteiger charge is -2.21. The fourth-order valence-corrected chi connectivity index (χ4v) is 3.46. The van der Waals surface area contributed by atoms with Crippen molar-refractivity contribution in [3.05, 3.63) is 41.6 Å². The molecule has 1 heterocycles. The number of hydrogen-bond acceptors (Lipinski definition) is 2. The Bertz CT molecular complexity index is 585. The number of aryl methyl sites for hydroxylation is 1. The first-order chi connectivity index (χ1) is 9.76. The molecule has 1 unspecified atom stereocenters. The second-order valence-corrected chi connectivity index (χ2v) is 6.13. The average Bonchev–Trinajstić information content (AvgIpc) is 2.97. The van der Waals surface area contributed by atoms with Crippen molar-refractivity contribution >= 4 is 10.9 Å². The lowest BCUT2D eigenvalue weighted by atomic mass is 9.93. The van der Waals surface area contributed by atoms with Gasteiger partial charge in [-0.1, -0.05) is 37.8 Å². The van der Waals surface area contributed by atoms with Crippen molar-refractivity contribution < 1.29 is 0 Å². The van der Waals surface area contributed by atoms with Crippen molar-refractivity contribution in [2.45, 2.75) is 45.1 Å². The molecular weight excluding hydrogens is 244 g/mol. The Balaban J connectivity index is 1.85. The summed E-state index contributed by atoms with van der Waals surface area (Å²) in [6.45, 7) is 2.05. The number of fused-ring (bicyclic) bond motifs is 1. The summed E-state index contributed by atoms with van der Waals surface area (Å²) in [5, 5.41) is 4.75. The van der Waals surface area contributed by atoms with Gasteiger partial charge in [0, 0.05) is 17.1 Å². The third-order valence-electron chi connectivity index (χ3n) is 4.65.